The van der Waals surface area contributed by atoms with Crippen LogP contribution in [0.15, 0.2) is 48.5 Å². The molecule has 2 atom stereocenters. The lowest BCUT2D eigenvalue weighted by molar-refractivity contribution is 0.598. The molecule has 0 aromatic heterocycles. The van der Waals surface area contributed by atoms with Crippen LogP contribution in [0.3, 0.4) is 0 Å². The number of halogens is 2. The molecular formula is C15H15Cl2N. The minimum absolute atomic E-state index is 0.142. The molecule has 2 aromatic carbocycles. The predicted molar refractivity (Wildman–Crippen MR) is 78.2 cm³/mol. The van der Waals surface area contributed by atoms with Gasteiger partial charge in [0.1, 0.15) is 0 Å². The Kier molecular flexibility index (Phi) is 4.28. The second-order valence-electron chi connectivity index (χ2n) is 4.39. The summed E-state index contributed by atoms with van der Waals surface area (Å²) in [5.74, 6) is 0.199. The van der Waals surface area contributed by atoms with E-state index in [9.17, 15) is 0 Å². The first-order valence-corrected chi connectivity index (χ1v) is 6.60. The highest BCUT2D eigenvalue weighted by atomic mass is 35.5. The lowest BCUT2D eigenvalue weighted by Crippen LogP contribution is -2.18. The van der Waals surface area contributed by atoms with Gasteiger partial charge in [-0.15, -0.1) is 0 Å². The molecule has 0 heterocycles. The van der Waals surface area contributed by atoms with Crippen molar-refractivity contribution in [2.24, 2.45) is 5.73 Å². The molecule has 0 bridgehead atoms. The maximum atomic E-state index is 6.29. The summed E-state index contributed by atoms with van der Waals surface area (Å²) in [5.41, 5.74) is 8.43. The van der Waals surface area contributed by atoms with E-state index < -0.39 is 0 Å². The van der Waals surface area contributed by atoms with E-state index in [0.717, 1.165) is 5.56 Å². The van der Waals surface area contributed by atoms with Gasteiger partial charge in [0, 0.05) is 22.0 Å². The Morgan fingerprint density at radius 3 is 2.28 bits per heavy atom. The van der Waals surface area contributed by atoms with Crippen molar-refractivity contribution in [3.8, 4) is 0 Å². The largest absolute Gasteiger partial charge is 0.323 e. The molecule has 18 heavy (non-hydrogen) atoms. The molecule has 3 heteroatoms. The minimum Gasteiger partial charge on any atom is -0.323 e. The lowest BCUT2D eigenvalue weighted by Gasteiger charge is -2.21. The van der Waals surface area contributed by atoms with Crippen LogP contribution in [0.1, 0.15) is 30.0 Å². The maximum Gasteiger partial charge on any atom is 0.0468 e. The zero-order valence-corrected chi connectivity index (χ0v) is 11.6. The summed E-state index contributed by atoms with van der Waals surface area (Å²) in [6.45, 7) is 2.10. The van der Waals surface area contributed by atoms with Gasteiger partial charge in [-0.3, -0.25) is 0 Å². The van der Waals surface area contributed by atoms with E-state index in [-0.39, 0.29) is 12.0 Å². The molecule has 0 aliphatic carbocycles. The fourth-order valence-corrected chi connectivity index (χ4v) is 2.54. The number of nitrogens with two attached hydrogens (primary N) is 1. The zero-order chi connectivity index (χ0) is 13.1. The molecule has 2 rings (SSSR count). The van der Waals surface area contributed by atoms with Gasteiger partial charge < -0.3 is 5.73 Å². The molecule has 2 aromatic rings. The third-order valence-corrected chi connectivity index (χ3v) is 3.75. The fraction of sp³-hybridized carbons (Fsp3) is 0.200. The third-order valence-electron chi connectivity index (χ3n) is 3.19. The quantitative estimate of drug-likeness (QED) is 0.858. The zero-order valence-electron chi connectivity index (χ0n) is 10.1. The van der Waals surface area contributed by atoms with Crippen LogP contribution < -0.4 is 5.73 Å². The standard InChI is InChI=1S/C15H15Cl2N/c1-10(11-5-3-2-4-6-11)15(18)13-8-7-12(16)9-14(13)17/h2-10,15H,18H2,1H3. The predicted octanol–water partition coefficient (Wildman–Crippen LogP) is 4.80. The molecule has 0 saturated carbocycles. The summed E-state index contributed by atoms with van der Waals surface area (Å²) in [6, 6.07) is 15.5. The molecular weight excluding hydrogens is 265 g/mol. The average Bonchev–Trinajstić information content (AvgIpc) is 2.38. The van der Waals surface area contributed by atoms with Crippen LogP contribution in [-0.2, 0) is 0 Å². The van der Waals surface area contributed by atoms with Crippen molar-refractivity contribution in [2.75, 3.05) is 0 Å². The van der Waals surface area contributed by atoms with Crippen LogP contribution in [0.4, 0.5) is 0 Å². The number of hydrogen-bond donors (Lipinski definition) is 1. The average molecular weight is 280 g/mol. The monoisotopic (exact) mass is 279 g/mol. The summed E-state index contributed by atoms with van der Waals surface area (Å²) in [4.78, 5) is 0. The first-order chi connectivity index (χ1) is 8.59. The Bertz CT molecular complexity index is 525. The molecule has 0 fully saturated rings. The van der Waals surface area contributed by atoms with Crippen molar-refractivity contribution < 1.29 is 0 Å². The van der Waals surface area contributed by atoms with Crippen molar-refractivity contribution in [2.45, 2.75) is 18.9 Å². The van der Waals surface area contributed by atoms with E-state index in [4.69, 9.17) is 28.9 Å². The Morgan fingerprint density at radius 2 is 1.67 bits per heavy atom. The van der Waals surface area contributed by atoms with E-state index in [1.54, 1.807) is 6.07 Å². The maximum absolute atomic E-state index is 6.29. The molecule has 94 valence electrons. The van der Waals surface area contributed by atoms with Gasteiger partial charge in [-0.25, -0.2) is 0 Å². The van der Waals surface area contributed by atoms with Crippen molar-refractivity contribution in [1.29, 1.82) is 0 Å². The summed E-state index contributed by atoms with van der Waals surface area (Å²) in [6.07, 6.45) is 0. The van der Waals surface area contributed by atoms with Crippen molar-refractivity contribution in [3.63, 3.8) is 0 Å². The third kappa shape index (κ3) is 2.86. The van der Waals surface area contributed by atoms with Crippen LogP contribution in [0, 0.1) is 0 Å². The van der Waals surface area contributed by atoms with Gasteiger partial charge in [0.15, 0.2) is 0 Å². The topological polar surface area (TPSA) is 26.0 Å². The number of rotatable bonds is 3. The second-order valence-corrected chi connectivity index (χ2v) is 5.23. The number of hydrogen-bond acceptors (Lipinski definition) is 1. The highest BCUT2D eigenvalue weighted by molar-refractivity contribution is 6.35. The molecule has 1 nitrogen and oxygen atoms in total. The first kappa shape index (κ1) is 13.4. The van der Waals surface area contributed by atoms with E-state index >= 15 is 0 Å². The Labute approximate surface area is 118 Å². The molecule has 2 N–H and O–H groups in total. The van der Waals surface area contributed by atoms with E-state index in [1.807, 2.05) is 30.3 Å². The molecule has 0 radical (unpaired) electrons. The Hall–Kier alpha value is -1.02. The summed E-state index contributed by atoms with van der Waals surface area (Å²) in [7, 11) is 0. The normalized spacial score (nSPS) is 14.2. The molecule has 0 spiro atoms. The molecule has 0 aliphatic rings. The SMILES string of the molecule is CC(c1ccccc1)C(N)c1ccc(Cl)cc1Cl. The van der Waals surface area contributed by atoms with Crippen LogP contribution in [0.5, 0.6) is 0 Å². The highest BCUT2D eigenvalue weighted by Gasteiger charge is 2.18. The van der Waals surface area contributed by atoms with Gasteiger partial charge >= 0.3 is 0 Å². The summed E-state index contributed by atoms with van der Waals surface area (Å²) < 4.78 is 0. The molecule has 2 unspecified atom stereocenters. The highest BCUT2D eigenvalue weighted by Crippen LogP contribution is 2.33. The minimum atomic E-state index is -0.142. The van der Waals surface area contributed by atoms with Crippen molar-refractivity contribution in [1.82, 2.24) is 0 Å². The van der Waals surface area contributed by atoms with Gasteiger partial charge in [0.2, 0.25) is 0 Å². The van der Waals surface area contributed by atoms with Gasteiger partial charge in [0.25, 0.3) is 0 Å². The van der Waals surface area contributed by atoms with Gasteiger partial charge in [-0.2, -0.15) is 0 Å². The Morgan fingerprint density at radius 1 is 1.00 bits per heavy atom. The van der Waals surface area contributed by atoms with E-state index in [2.05, 4.69) is 19.1 Å². The summed E-state index contributed by atoms with van der Waals surface area (Å²) in [5, 5.41) is 1.25. The van der Waals surface area contributed by atoms with Crippen LogP contribution in [-0.4, -0.2) is 0 Å². The Balaban J connectivity index is 2.28. The van der Waals surface area contributed by atoms with Crippen LogP contribution in [0.2, 0.25) is 10.0 Å². The van der Waals surface area contributed by atoms with Crippen molar-refractivity contribution >= 4 is 23.2 Å². The molecule has 0 aliphatic heterocycles. The fourth-order valence-electron chi connectivity index (χ4n) is 2.01. The van der Waals surface area contributed by atoms with Crippen LogP contribution in [0.25, 0.3) is 0 Å². The lowest BCUT2D eigenvalue weighted by atomic mass is 9.89. The molecule has 0 amide bonds. The second kappa shape index (κ2) is 5.75. The van der Waals surface area contributed by atoms with E-state index in [1.165, 1.54) is 5.56 Å². The molecule has 0 saturated heterocycles. The van der Waals surface area contributed by atoms with Crippen molar-refractivity contribution in [3.05, 3.63) is 69.7 Å². The van der Waals surface area contributed by atoms with Gasteiger partial charge in [-0.1, -0.05) is 66.5 Å². The van der Waals surface area contributed by atoms with Gasteiger partial charge in [0.05, 0.1) is 0 Å². The number of benzene rings is 2. The van der Waals surface area contributed by atoms with Gasteiger partial charge in [-0.05, 0) is 23.3 Å². The first-order valence-electron chi connectivity index (χ1n) is 5.85. The smallest absolute Gasteiger partial charge is 0.0468 e. The van der Waals surface area contributed by atoms with E-state index in [0.29, 0.717) is 10.0 Å². The summed E-state index contributed by atoms with van der Waals surface area (Å²) >= 11 is 12.1. The van der Waals surface area contributed by atoms with Crippen LogP contribution >= 0.6 is 23.2 Å².